The Bertz CT molecular complexity index is 382. The first kappa shape index (κ1) is 13.9. The van der Waals surface area contributed by atoms with Crippen LogP contribution in [0.15, 0.2) is 30.3 Å². The van der Waals surface area contributed by atoms with Gasteiger partial charge in [-0.25, -0.2) is 0 Å². The number of carbonyl (C=O) groups excluding carboxylic acids is 1. The molecule has 104 valence electrons. The quantitative estimate of drug-likeness (QED) is 0.763. The fourth-order valence-corrected chi connectivity index (χ4v) is 2.79. The van der Waals surface area contributed by atoms with Crippen LogP contribution in [0.3, 0.4) is 0 Å². The third-order valence-electron chi connectivity index (χ3n) is 3.90. The molecule has 0 amide bonds. The van der Waals surface area contributed by atoms with Gasteiger partial charge < -0.3 is 9.47 Å². The molecular weight excluding hydrogens is 240 g/mol. The predicted molar refractivity (Wildman–Crippen MR) is 74.0 cm³/mol. The first-order chi connectivity index (χ1) is 9.31. The average molecular weight is 262 g/mol. The van der Waals surface area contributed by atoms with Crippen LogP contribution in [0.2, 0.25) is 0 Å². The van der Waals surface area contributed by atoms with Gasteiger partial charge in [-0.3, -0.25) is 4.79 Å². The van der Waals surface area contributed by atoms with E-state index in [0.29, 0.717) is 12.5 Å². The lowest BCUT2D eigenvalue weighted by atomic mass is 9.80. The van der Waals surface area contributed by atoms with Gasteiger partial charge in [-0.1, -0.05) is 37.5 Å². The van der Waals surface area contributed by atoms with Gasteiger partial charge in [-0.15, -0.1) is 0 Å². The maximum atomic E-state index is 11.9. The topological polar surface area (TPSA) is 35.5 Å². The Kier molecular flexibility index (Phi) is 5.25. The molecule has 2 rings (SSSR count). The van der Waals surface area contributed by atoms with Crippen LogP contribution in [0.5, 0.6) is 5.75 Å². The molecule has 3 nitrogen and oxygen atoms in total. The normalized spacial score (nSPS) is 17.7. The minimum Gasteiger partial charge on any atom is -0.493 e. The summed E-state index contributed by atoms with van der Waals surface area (Å²) >= 11 is 0. The zero-order valence-corrected chi connectivity index (χ0v) is 11.5. The van der Waals surface area contributed by atoms with Gasteiger partial charge in [0.2, 0.25) is 0 Å². The van der Waals surface area contributed by atoms with Crippen LogP contribution in [0.4, 0.5) is 0 Å². The summed E-state index contributed by atoms with van der Waals surface area (Å²) in [6.45, 7) is 0.418. The Balaban J connectivity index is 1.95. The van der Waals surface area contributed by atoms with Crippen LogP contribution in [-0.4, -0.2) is 19.7 Å². The Morgan fingerprint density at radius 2 is 1.89 bits per heavy atom. The molecule has 0 saturated heterocycles. The standard InChI is InChI=1S/C16H22O3/c1-18-16(17)15(13-8-4-2-5-9-13)12-19-14-10-6-3-7-11-14/h3,6-7,10-11,13,15H,2,4-5,8-9,12H2,1H3. The summed E-state index contributed by atoms with van der Waals surface area (Å²) in [5.74, 6) is 0.950. The van der Waals surface area contributed by atoms with E-state index < -0.39 is 0 Å². The monoisotopic (exact) mass is 262 g/mol. The van der Waals surface area contributed by atoms with E-state index in [1.54, 1.807) is 0 Å². The van der Waals surface area contributed by atoms with E-state index in [9.17, 15) is 4.79 Å². The van der Waals surface area contributed by atoms with Crippen molar-refractivity contribution in [1.82, 2.24) is 0 Å². The van der Waals surface area contributed by atoms with Crippen molar-refractivity contribution < 1.29 is 14.3 Å². The highest BCUT2D eigenvalue weighted by Gasteiger charge is 2.30. The first-order valence-electron chi connectivity index (χ1n) is 7.07. The second-order valence-electron chi connectivity index (χ2n) is 5.15. The van der Waals surface area contributed by atoms with E-state index in [-0.39, 0.29) is 11.9 Å². The number of benzene rings is 1. The van der Waals surface area contributed by atoms with E-state index in [0.717, 1.165) is 18.6 Å². The highest BCUT2D eigenvalue weighted by atomic mass is 16.5. The third-order valence-corrected chi connectivity index (χ3v) is 3.90. The summed E-state index contributed by atoms with van der Waals surface area (Å²) in [7, 11) is 1.46. The molecule has 1 aromatic rings. The van der Waals surface area contributed by atoms with Crippen molar-refractivity contribution in [3.63, 3.8) is 0 Å². The van der Waals surface area contributed by atoms with E-state index in [4.69, 9.17) is 9.47 Å². The molecule has 1 unspecified atom stereocenters. The Morgan fingerprint density at radius 3 is 2.53 bits per heavy atom. The van der Waals surface area contributed by atoms with Gasteiger partial charge in [0.05, 0.1) is 13.0 Å². The third kappa shape index (κ3) is 3.98. The Hall–Kier alpha value is -1.51. The van der Waals surface area contributed by atoms with Crippen molar-refractivity contribution in [2.45, 2.75) is 32.1 Å². The van der Waals surface area contributed by atoms with Gasteiger partial charge in [0.25, 0.3) is 0 Å². The number of rotatable bonds is 5. The van der Waals surface area contributed by atoms with Crippen LogP contribution >= 0.6 is 0 Å². The van der Waals surface area contributed by atoms with Gasteiger partial charge in [-0.2, -0.15) is 0 Å². The van der Waals surface area contributed by atoms with Gasteiger partial charge in [0.15, 0.2) is 0 Å². The Morgan fingerprint density at radius 1 is 1.21 bits per heavy atom. The number of ether oxygens (including phenoxy) is 2. The summed E-state index contributed by atoms with van der Waals surface area (Å²) in [4.78, 5) is 11.9. The summed E-state index contributed by atoms with van der Waals surface area (Å²) < 4.78 is 10.7. The summed E-state index contributed by atoms with van der Waals surface area (Å²) in [5, 5.41) is 0. The molecule has 0 N–H and O–H groups in total. The second kappa shape index (κ2) is 7.17. The zero-order chi connectivity index (χ0) is 13.5. The SMILES string of the molecule is COC(=O)C(COc1ccccc1)C1CCCCC1. The summed E-state index contributed by atoms with van der Waals surface area (Å²) in [5.41, 5.74) is 0. The first-order valence-corrected chi connectivity index (χ1v) is 7.07. The van der Waals surface area contributed by atoms with E-state index in [1.165, 1.54) is 26.4 Å². The number of methoxy groups -OCH3 is 1. The molecule has 1 saturated carbocycles. The lowest BCUT2D eigenvalue weighted by Gasteiger charge is -2.28. The van der Waals surface area contributed by atoms with Crippen LogP contribution < -0.4 is 4.74 Å². The van der Waals surface area contributed by atoms with Crippen molar-refractivity contribution in [3.8, 4) is 5.75 Å². The van der Waals surface area contributed by atoms with Crippen molar-refractivity contribution >= 4 is 5.97 Å². The number of hydrogen-bond donors (Lipinski definition) is 0. The lowest BCUT2D eigenvalue weighted by molar-refractivity contribution is -0.149. The maximum Gasteiger partial charge on any atom is 0.312 e. The molecule has 0 radical (unpaired) electrons. The van der Waals surface area contributed by atoms with Crippen LogP contribution in [0.25, 0.3) is 0 Å². The number of esters is 1. The van der Waals surface area contributed by atoms with E-state index >= 15 is 0 Å². The second-order valence-corrected chi connectivity index (χ2v) is 5.15. The van der Waals surface area contributed by atoms with Crippen LogP contribution in [0, 0.1) is 11.8 Å². The number of carbonyl (C=O) groups is 1. The molecule has 1 aromatic carbocycles. The molecule has 1 aliphatic carbocycles. The molecule has 0 heterocycles. The highest BCUT2D eigenvalue weighted by molar-refractivity contribution is 5.72. The van der Waals surface area contributed by atoms with Gasteiger partial charge in [-0.05, 0) is 30.9 Å². The molecular formula is C16H22O3. The number of para-hydroxylation sites is 1. The minimum atomic E-state index is -0.136. The smallest absolute Gasteiger partial charge is 0.312 e. The van der Waals surface area contributed by atoms with Gasteiger partial charge >= 0.3 is 5.97 Å². The fourth-order valence-electron chi connectivity index (χ4n) is 2.79. The van der Waals surface area contributed by atoms with Crippen molar-refractivity contribution in [2.24, 2.45) is 11.8 Å². The van der Waals surface area contributed by atoms with E-state index in [2.05, 4.69) is 0 Å². The maximum absolute atomic E-state index is 11.9. The molecule has 0 aromatic heterocycles. The van der Waals surface area contributed by atoms with Gasteiger partial charge in [0.1, 0.15) is 12.4 Å². The molecule has 3 heteroatoms. The fraction of sp³-hybridized carbons (Fsp3) is 0.562. The van der Waals surface area contributed by atoms with Crippen LogP contribution in [0.1, 0.15) is 32.1 Å². The molecule has 0 spiro atoms. The lowest BCUT2D eigenvalue weighted by Crippen LogP contribution is -2.31. The molecule has 0 bridgehead atoms. The minimum absolute atomic E-state index is 0.134. The zero-order valence-electron chi connectivity index (χ0n) is 11.5. The number of hydrogen-bond acceptors (Lipinski definition) is 3. The van der Waals surface area contributed by atoms with Crippen molar-refractivity contribution in [1.29, 1.82) is 0 Å². The molecule has 1 atom stereocenters. The highest BCUT2D eigenvalue weighted by Crippen LogP contribution is 2.31. The molecule has 19 heavy (non-hydrogen) atoms. The van der Waals surface area contributed by atoms with Gasteiger partial charge in [0, 0.05) is 0 Å². The summed E-state index contributed by atoms with van der Waals surface area (Å²) in [6.07, 6.45) is 5.92. The molecule has 1 fully saturated rings. The van der Waals surface area contributed by atoms with Crippen molar-refractivity contribution in [3.05, 3.63) is 30.3 Å². The summed E-state index contributed by atoms with van der Waals surface area (Å²) in [6, 6.07) is 9.64. The van der Waals surface area contributed by atoms with E-state index in [1.807, 2.05) is 30.3 Å². The largest absolute Gasteiger partial charge is 0.493 e. The predicted octanol–water partition coefficient (Wildman–Crippen LogP) is 3.43. The Labute approximate surface area is 114 Å². The average Bonchev–Trinajstić information content (AvgIpc) is 2.49. The molecule has 0 aliphatic heterocycles. The van der Waals surface area contributed by atoms with Crippen LogP contribution in [-0.2, 0) is 9.53 Å². The van der Waals surface area contributed by atoms with Crippen molar-refractivity contribution in [2.75, 3.05) is 13.7 Å². The molecule has 1 aliphatic rings.